The van der Waals surface area contributed by atoms with Crippen molar-refractivity contribution in [2.24, 2.45) is 11.7 Å². The van der Waals surface area contributed by atoms with Gasteiger partial charge in [0.15, 0.2) is 0 Å². The van der Waals surface area contributed by atoms with Crippen LogP contribution in [0, 0.1) is 12.8 Å². The zero-order chi connectivity index (χ0) is 15.7. The summed E-state index contributed by atoms with van der Waals surface area (Å²) in [5.41, 5.74) is 8.39. The molecule has 0 radical (unpaired) electrons. The number of hydrogen-bond acceptors (Lipinski definition) is 4. The van der Waals surface area contributed by atoms with E-state index in [9.17, 15) is 4.79 Å². The molecule has 0 bridgehead atoms. The summed E-state index contributed by atoms with van der Waals surface area (Å²) in [4.78, 5) is 18.6. The second-order valence-corrected chi connectivity index (χ2v) is 5.99. The third kappa shape index (κ3) is 3.38. The van der Waals surface area contributed by atoms with E-state index in [1.165, 1.54) is 6.33 Å². The molecule has 2 unspecified atom stereocenters. The van der Waals surface area contributed by atoms with Crippen LogP contribution in [0.1, 0.15) is 29.3 Å². The van der Waals surface area contributed by atoms with Crippen LogP contribution in [0.5, 0.6) is 0 Å². The Balaban J connectivity index is 0.00000192. The first-order valence-electron chi connectivity index (χ1n) is 7.57. The minimum atomic E-state index is 0. The van der Waals surface area contributed by atoms with Gasteiger partial charge in [0.1, 0.15) is 12.7 Å². The molecule has 0 saturated carbocycles. The molecular formula is C16H22ClN5O. The molecule has 1 aliphatic heterocycles. The van der Waals surface area contributed by atoms with Crippen molar-refractivity contribution >= 4 is 18.3 Å². The highest BCUT2D eigenvalue weighted by Crippen LogP contribution is 2.25. The van der Waals surface area contributed by atoms with Crippen LogP contribution in [-0.2, 0) is 0 Å². The summed E-state index contributed by atoms with van der Waals surface area (Å²) in [6.07, 6.45) is 4.13. The molecule has 2 atom stereocenters. The van der Waals surface area contributed by atoms with Gasteiger partial charge < -0.3 is 10.6 Å². The standard InChI is InChI=1S/C16H21N5O.ClH/c1-11-5-14(3-4-15(11)21-10-18-9-19-21)16(22)20-8-13(7-17)6-12(20)2;/h3-5,9-10,12-13H,6-8,17H2,1-2H3;1H. The summed E-state index contributed by atoms with van der Waals surface area (Å²) in [7, 11) is 0. The number of aryl methyl sites for hydroxylation is 1. The van der Waals surface area contributed by atoms with Gasteiger partial charge in [-0.05, 0) is 56.5 Å². The van der Waals surface area contributed by atoms with E-state index in [2.05, 4.69) is 17.0 Å². The lowest BCUT2D eigenvalue weighted by atomic mass is 10.1. The molecule has 2 aromatic rings. The van der Waals surface area contributed by atoms with Crippen LogP contribution >= 0.6 is 12.4 Å². The van der Waals surface area contributed by atoms with E-state index in [0.29, 0.717) is 18.0 Å². The lowest BCUT2D eigenvalue weighted by Crippen LogP contribution is -2.34. The fraction of sp³-hybridized carbons (Fsp3) is 0.438. The maximum Gasteiger partial charge on any atom is 0.254 e. The number of rotatable bonds is 3. The largest absolute Gasteiger partial charge is 0.336 e. The lowest BCUT2D eigenvalue weighted by molar-refractivity contribution is 0.0743. The number of carbonyl (C=O) groups excluding carboxylic acids is 1. The molecule has 2 heterocycles. The summed E-state index contributed by atoms with van der Waals surface area (Å²) in [5.74, 6) is 0.492. The molecule has 1 aromatic carbocycles. The summed E-state index contributed by atoms with van der Waals surface area (Å²) in [6, 6.07) is 5.94. The van der Waals surface area contributed by atoms with Crippen LogP contribution < -0.4 is 5.73 Å². The molecule has 23 heavy (non-hydrogen) atoms. The van der Waals surface area contributed by atoms with Gasteiger partial charge in [0.05, 0.1) is 5.69 Å². The Bertz CT molecular complexity index is 673. The van der Waals surface area contributed by atoms with Gasteiger partial charge in [0.25, 0.3) is 5.91 Å². The average Bonchev–Trinajstić information content (AvgIpc) is 3.15. The molecule has 7 heteroatoms. The highest BCUT2D eigenvalue weighted by molar-refractivity contribution is 5.95. The first-order valence-corrected chi connectivity index (χ1v) is 7.57. The van der Waals surface area contributed by atoms with Gasteiger partial charge in [-0.25, -0.2) is 9.67 Å². The molecule has 1 aliphatic rings. The monoisotopic (exact) mass is 335 g/mol. The Morgan fingerprint density at radius 3 is 2.78 bits per heavy atom. The van der Waals surface area contributed by atoms with E-state index < -0.39 is 0 Å². The van der Waals surface area contributed by atoms with Gasteiger partial charge in [0.2, 0.25) is 0 Å². The number of carbonyl (C=O) groups is 1. The van der Waals surface area contributed by atoms with Crippen LogP contribution in [0.4, 0.5) is 0 Å². The van der Waals surface area contributed by atoms with E-state index in [1.807, 2.05) is 30.0 Å². The molecule has 1 aromatic heterocycles. The number of likely N-dealkylation sites (tertiary alicyclic amines) is 1. The Hall–Kier alpha value is -1.92. The average molecular weight is 336 g/mol. The van der Waals surface area contributed by atoms with Crippen LogP contribution in [0.15, 0.2) is 30.9 Å². The molecule has 1 fully saturated rings. The quantitative estimate of drug-likeness (QED) is 0.928. The van der Waals surface area contributed by atoms with E-state index in [0.717, 1.165) is 24.2 Å². The molecule has 1 saturated heterocycles. The number of nitrogens with two attached hydrogens (primary N) is 1. The number of halogens is 1. The fourth-order valence-corrected chi connectivity index (χ4v) is 3.14. The SMILES string of the molecule is Cc1cc(C(=O)N2CC(CN)CC2C)ccc1-n1cncn1.Cl. The fourth-order valence-electron chi connectivity index (χ4n) is 3.14. The van der Waals surface area contributed by atoms with Crippen molar-refractivity contribution in [2.75, 3.05) is 13.1 Å². The first kappa shape index (κ1) is 17.4. The van der Waals surface area contributed by atoms with Crippen molar-refractivity contribution in [2.45, 2.75) is 26.3 Å². The molecule has 1 amide bonds. The van der Waals surface area contributed by atoms with Crippen LogP contribution in [0.3, 0.4) is 0 Å². The van der Waals surface area contributed by atoms with Crippen LogP contribution in [-0.4, -0.2) is 44.7 Å². The van der Waals surface area contributed by atoms with Gasteiger partial charge in [-0.1, -0.05) is 0 Å². The van der Waals surface area contributed by atoms with Gasteiger partial charge in [0, 0.05) is 18.2 Å². The topological polar surface area (TPSA) is 77.0 Å². The summed E-state index contributed by atoms with van der Waals surface area (Å²) in [5, 5.41) is 4.13. The highest BCUT2D eigenvalue weighted by atomic mass is 35.5. The summed E-state index contributed by atoms with van der Waals surface area (Å²) in [6.45, 7) is 5.45. The second-order valence-electron chi connectivity index (χ2n) is 5.99. The predicted molar refractivity (Wildman–Crippen MR) is 91.0 cm³/mol. The maximum atomic E-state index is 12.7. The van der Waals surface area contributed by atoms with Crippen molar-refractivity contribution in [1.29, 1.82) is 0 Å². The van der Waals surface area contributed by atoms with Crippen molar-refractivity contribution in [1.82, 2.24) is 19.7 Å². The molecule has 2 N–H and O–H groups in total. The number of nitrogens with zero attached hydrogens (tertiary/aromatic N) is 4. The Morgan fingerprint density at radius 1 is 1.43 bits per heavy atom. The smallest absolute Gasteiger partial charge is 0.254 e. The molecular weight excluding hydrogens is 314 g/mol. The Morgan fingerprint density at radius 2 is 2.22 bits per heavy atom. The van der Waals surface area contributed by atoms with Crippen molar-refractivity contribution < 1.29 is 4.79 Å². The number of amides is 1. The van der Waals surface area contributed by atoms with Crippen LogP contribution in [0.25, 0.3) is 5.69 Å². The number of benzene rings is 1. The van der Waals surface area contributed by atoms with E-state index in [1.54, 1.807) is 11.0 Å². The van der Waals surface area contributed by atoms with Gasteiger partial charge in [-0.15, -0.1) is 12.4 Å². The molecule has 124 valence electrons. The maximum absolute atomic E-state index is 12.7. The normalized spacial score (nSPS) is 20.4. The Kier molecular flexibility index (Phi) is 5.38. The molecule has 6 nitrogen and oxygen atoms in total. The third-order valence-electron chi connectivity index (χ3n) is 4.36. The minimum absolute atomic E-state index is 0. The first-order chi connectivity index (χ1) is 10.6. The van der Waals surface area contributed by atoms with E-state index >= 15 is 0 Å². The van der Waals surface area contributed by atoms with Gasteiger partial charge in [-0.2, -0.15) is 5.10 Å². The molecule has 0 aliphatic carbocycles. The third-order valence-corrected chi connectivity index (χ3v) is 4.36. The molecule has 3 rings (SSSR count). The van der Waals surface area contributed by atoms with Gasteiger partial charge >= 0.3 is 0 Å². The minimum Gasteiger partial charge on any atom is -0.336 e. The van der Waals surface area contributed by atoms with Crippen molar-refractivity contribution in [3.05, 3.63) is 42.0 Å². The molecule has 0 spiro atoms. The predicted octanol–water partition coefficient (Wildman–Crippen LogP) is 1.81. The summed E-state index contributed by atoms with van der Waals surface area (Å²) < 4.78 is 1.70. The number of aromatic nitrogens is 3. The van der Waals surface area contributed by atoms with E-state index in [-0.39, 0.29) is 24.4 Å². The van der Waals surface area contributed by atoms with Crippen LogP contribution in [0.2, 0.25) is 0 Å². The van der Waals surface area contributed by atoms with Crippen molar-refractivity contribution in [3.8, 4) is 5.69 Å². The lowest BCUT2D eigenvalue weighted by Gasteiger charge is -2.22. The summed E-state index contributed by atoms with van der Waals surface area (Å²) >= 11 is 0. The zero-order valence-corrected chi connectivity index (χ0v) is 14.2. The highest BCUT2D eigenvalue weighted by Gasteiger charge is 2.32. The number of hydrogen-bond donors (Lipinski definition) is 1. The van der Waals surface area contributed by atoms with Crippen molar-refractivity contribution in [3.63, 3.8) is 0 Å². The van der Waals surface area contributed by atoms with E-state index in [4.69, 9.17) is 5.73 Å². The Labute approximate surface area is 142 Å². The second kappa shape index (κ2) is 7.10. The zero-order valence-electron chi connectivity index (χ0n) is 13.3. The van der Waals surface area contributed by atoms with Gasteiger partial charge in [-0.3, -0.25) is 4.79 Å².